The van der Waals surface area contributed by atoms with Gasteiger partial charge in [0, 0.05) is 30.3 Å². The Morgan fingerprint density at radius 3 is 2.71 bits per heavy atom. The van der Waals surface area contributed by atoms with Crippen LogP contribution in [0.15, 0.2) is 18.2 Å². The molecule has 3 N–H and O–H groups in total. The average Bonchev–Trinajstić information content (AvgIpc) is 2.54. The number of rotatable bonds is 5. The van der Waals surface area contributed by atoms with Crippen LogP contribution in [0.5, 0.6) is 0 Å². The minimum absolute atomic E-state index is 0. The second-order valence-electron chi connectivity index (χ2n) is 6.31. The van der Waals surface area contributed by atoms with Crippen molar-refractivity contribution in [1.29, 1.82) is 0 Å². The van der Waals surface area contributed by atoms with Gasteiger partial charge in [-0.3, -0.25) is 9.59 Å². The van der Waals surface area contributed by atoms with Crippen molar-refractivity contribution < 1.29 is 9.59 Å². The number of anilines is 1. The van der Waals surface area contributed by atoms with E-state index in [1.807, 2.05) is 24.0 Å². The van der Waals surface area contributed by atoms with Gasteiger partial charge in [-0.25, -0.2) is 0 Å². The molecule has 5 nitrogen and oxygen atoms in total. The molecular weight excluding hydrogens is 326 g/mol. The Labute approximate surface area is 150 Å². The molecule has 2 rings (SSSR count). The van der Waals surface area contributed by atoms with Crippen molar-refractivity contribution in [3.8, 4) is 0 Å². The molecule has 0 saturated carbocycles. The van der Waals surface area contributed by atoms with Crippen LogP contribution < -0.4 is 11.1 Å². The number of benzene rings is 1. The van der Waals surface area contributed by atoms with Crippen molar-refractivity contribution in [3.63, 3.8) is 0 Å². The van der Waals surface area contributed by atoms with Crippen LogP contribution in [0.1, 0.15) is 54.9 Å². The number of nitrogens with two attached hydrogens (primary N) is 1. The summed E-state index contributed by atoms with van der Waals surface area (Å²) in [5, 5.41) is 2.88. The van der Waals surface area contributed by atoms with Gasteiger partial charge in [-0.2, -0.15) is 0 Å². The number of halogens is 1. The number of hydrogen-bond donors (Lipinski definition) is 2. The molecule has 1 aromatic carbocycles. The summed E-state index contributed by atoms with van der Waals surface area (Å²) in [6, 6.07) is 5.78. The highest BCUT2D eigenvalue weighted by molar-refractivity contribution is 5.96. The van der Waals surface area contributed by atoms with Crippen LogP contribution in [0.4, 0.5) is 5.69 Å². The fourth-order valence-electron chi connectivity index (χ4n) is 2.98. The molecule has 134 valence electrons. The van der Waals surface area contributed by atoms with Crippen LogP contribution >= 0.6 is 12.4 Å². The zero-order valence-corrected chi connectivity index (χ0v) is 15.3. The van der Waals surface area contributed by atoms with Gasteiger partial charge >= 0.3 is 0 Å². The van der Waals surface area contributed by atoms with Gasteiger partial charge in [-0.1, -0.05) is 0 Å². The van der Waals surface area contributed by atoms with Gasteiger partial charge in [0.15, 0.2) is 0 Å². The minimum atomic E-state index is -0.0396. The molecule has 1 aliphatic heterocycles. The van der Waals surface area contributed by atoms with Crippen LogP contribution in [0, 0.1) is 6.92 Å². The van der Waals surface area contributed by atoms with E-state index >= 15 is 0 Å². The Kier molecular flexibility index (Phi) is 8.22. The maximum Gasteiger partial charge on any atom is 0.254 e. The molecule has 0 aromatic heterocycles. The molecular formula is C18H28ClN3O2. The molecule has 0 bridgehead atoms. The number of likely N-dealkylation sites (tertiary alicyclic amines) is 1. The van der Waals surface area contributed by atoms with Crippen molar-refractivity contribution in [2.24, 2.45) is 5.73 Å². The van der Waals surface area contributed by atoms with E-state index in [0.29, 0.717) is 31.0 Å². The SMILES string of the molecule is Cc1cc(C(=O)N2CCCCC2C)ccc1NC(=O)CCCN.Cl. The lowest BCUT2D eigenvalue weighted by Gasteiger charge is -2.33. The lowest BCUT2D eigenvalue weighted by atomic mass is 10.0. The molecule has 0 radical (unpaired) electrons. The van der Waals surface area contributed by atoms with E-state index in [2.05, 4.69) is 12.2 Å². The van der Waals surface area contributed by atoms with Gasteiger partial charge in [-0.15, -0.1) is 12.4 Å². The van der Waals surface area contributed by atoms with E-state index in [4.69, 9.17) is 5.73 Å². The van der Waals surface area contributed by atoms with Crippen LogP contribution in [-0.4, -0.2) is 35.8 Å². The molecule has 6 heteroatoms. The third-order valence-corrected chi connectivity index (χ3v) is 4.42. The topological polar surface area (TPSA) is 75.4 Å². The number of nitrogens with one attached hydrogen (secondary N) is 1. The fourth-order valence-corrected chi connectivity index (χ4v) is 2.98. The number of carbonyl (C=O) groups excluding carboxylic acids is 2. The van der Waals surface area contributed by atoms with Crippen molar-refractivity contribution in [1.82, 2.24) is 4.90 Å². The number of piperidine rings is 1. The van der Waals surface area contributed by atoms with Gasteiger partial charge in [0.1, 0.15) is 0 Å². The highest BCUT2D eigenvalue weighted by atomic mass is 35.5. The van der Waals surface area contributed by atoms with Crippen molar-refractivity contribution in [2.75, 3.05) is 18.4 Å². The van der Waals surface area contributed by atoms with Gasteiger partial charge in [-0.05, 0) is 69.8 Å². The first-order valence-corrected chi connectivity index (χ1v) is 8.44. The van der Waals surface area contributed by atoms with Gasteiger partial charge in [0.05, 0.1) is 0 Å². The Morgan fingerprint density at radius 1 is 1.33 bits per heavy atom. The summed E-state index contributed by atoms with van der Waals surface area (Å²) >= 11 is 0. The third-order valence-electron chi connectivity index (χ3n) is 4.42. The molecule has 2 amide bonds. The molecule has 1 aliphatic rings. The summed E-state index contributed by atoms with van der Waals surface area (Å²) in [7, 11) is 0. The largest absolute Gasteiger partial charge is 0.336 e. The fraction of sp³-hybridized carbons (Fsp3) is 0.556. The van der Waals surface area contributed by atoms with Crippen molar-refractivity contribution in [2.45, 2.75) is 52.0 Å². The predicted octanol–water partition coefficient (Wildman–Crippen LogP) is 3.11. The van der Waals surface area contributed by atoms with Crippen LogP contribution in [0.3, 0.4) is 0 Å². The molecule has 1 saturated heterocycles. The van der Waals surface area contributed by atoms with E-state index in [0.717, 1.165) is 30.6 Å². The number of carbonyl (C=O) groups is 2. The van der Waals surface area contributed by atoms with Gasteiger partial charge in [0.25, 0.3) is 5.91 Å². The maximum atomic E-state index is 12.7. The van der Waals surface area contributed by atoms with E-state index in [1.54, 1.807) is 6.07 Å². The Bertz CT molecular complexity index is 577. The van der Waals surface area contributed by atoms with E-state index in [9.17, 15) is 9.59 Å². The molecule has 0 aliphatic carbocycles. The molecule has 1 fully saturated rings. The summed E-state index contributed by atoms with van der Waals surface area (Å²) < 4.78 is 0. The quantitative estimate of drug-likeness (QED) is 0.854. The summed E-state index contributed by atoms with van der Waals surface area (Å²) in [6.45, 7) is 5.36. The van der Waals surface area contributed by atoms with E-state index in [-0.39, 0.29) is 24.2 Å². The lowest BCUT2D eigenvalue weighted by Crippen LogP contribution is -2.42. The Balaban J connectivity index is 0.00000288. The first-order valence-electron chi connectivity index (χ1n) is 8.44. The molecule has 1 atom stereocenters. The minimum Gasteiger partial charge on any atom is -0.336 e. The molecule has 1 unspecified atom stereocenters. The number of nitrogens with zero attached hydrogens (tertiary/aromatic N) is 1. The predicted molar refractivity (Wildman–Crippen MR) is 99.7 cm³/mol. The molecule has 1 aromatic rings. The highest BCUT2D eigenvalue weighted by Gasteiger charge is 2.24. The number of amides is 2. The first-order chi connectivity index (χ1) is 11.0. The standard InChI is InChI=1S/C18H27N3O2.ClH/c1-13-12-15(18(23)21-11-4-3-6-14(21)2)8-9-16(13)20-17(22)7-5-10-19;/h8-9,12,14H,3-7,10-11,19H2,1-2H3,(H,20,22);1H. The zero-order valence-electron chi connectivity index (χ0n) is 14.5. The number of hydrogen-bond acceptors (Lipinski definition) is 3. The summed E-state index contributed by atoms with van der Waals surface area (Å²) in [5.74, 6) is 0.0450. The second kappa shape index (κ2) is 9.64. The van der Waals surface area contributed by atoms with Gasteiger partial charge < -0.3 is 16.0 Å². The summed E-state index contributed by atoms with van der Waals surface area (Å²) in [6.07, 6.45) is 4.43. The maximum absolute atomic E-state index is 12.7. The molecule has 1 heterocycles. The monoisotopic (exact) mass is 353 g/mol. The zero-order chi connectivity index (χ0) is 16.8. The lowest BCUT2D eigenvalue weighted by molar-refractivity contribution is -0.116. The first kappa shape index (κ1) is 20.5. The van der Waals surface area contributed by atoms with Crippen LogP contribution in [0.25, 0.3) is 0 Å². The summed E-state index contributed by atoms with van der Waals surface area (Å²) in [4.78, 5) is 26.4. The van der Waals surface area contributed by atoms with Crippen LogP contribution in [0.2, 0.25) is 0 Å². The molecule has 24 heavy (non-hydrogen) atoms. The van der Waals surface area contributed by atoms with Crippen molar-refractivity contribution >= 4 is 29.9 Å². The molecule has 0 spiro atoms. The third kappa shape index (κ3) is 5.21. The highest BCUT2D eigenvalue weighted by Crippen LogP contribution is 2.22. The number of aryl methyl sites for hydroxylation is 1. The Hall–Kier alpha value is -1.59. The Morgan fingerprint density at radius 2 is 2.08 bits per heavy atom. The normalized spacial score (nSPS) is 17.1. The van der Waals surface area contributed by atoms with Crippen LogP contribution in [-0.2, 0) is 4.79 Å². The second-order valence-corrected chi connectivity index (χ2v) is 6.31. The smallest absolute Gasteiger partial charge is 0.254 e. The van der Waals surface area contributed by atoms with E-state index < -0.39 is 0 Å². The van der Waals surface area contributed by atoms with E-state index in [1.165, 1.54) is 6.42 Å². The summed E-state index contributed by atoms with van der Waals surface area (Å²) in [5.41, 5.74) is 7.77. The van der Waals surface area contributed by atoms with Gasteiger partial charge in [0.2, 0.25) is 5.91 Å². The van der Waals surface area contributed by atoms with Crippen molar-refractivity contribution in [3.05, 3.63) is 29.3 Å². The average molecular weight is 354 g/mol.